The van der Waals surface area contributed by atoms with Crippen LogP contribution in [0.2, 0.25) is 10.0 Å². The number of nitrogens with zero attached hydrogens (tertiary/aromatic N) is 2. The molecule has 0 saturated heterocycles. The quantitative estimate of drug-likeness (QED) is 0.562. The van der Waals surface area contributed by atoms with Gasteiger partial charge in [0.05, 0.1) is 25.3 Å². The van der Waals surface area contributed by atoms with E-state index in [2.05, 4.69) is 21.1 Å². The minimum absolute atomic E-state index is 0.184. The van der Waals surface area contributed by atoms with Crippen molar-refractivity contribution in [2.45, 2.75) is 12.8 Å². The van der Waals surface area contributed by atoms with Crippen molar-refractivity contribution >= 4 is 47.4 Å². The van der Waals surface area contributed by atoms with Gasteiger partial charge in [-0.2, -0.15) is 10.2 Å². The second-order valence-electron chi connectivity index (χ2n) is 5.23. The molecule has 0 radical (unpaired) electrons. The number of benzene rings is 2. The summed E-state index contributed by atoms with van der Waals surface area (Å²) in [6.45, 7) is 0. The number of halogens is 2. The lowest BCUT2D eigenvalue weighted by atomic mass is 10.1. The molecule has 6 nitrogen and oxygen atoms in total. The summed E-state index contributed by atoms with van der Waals surface area (Å²) in [5.74, 6) is -0.549. The molecule has 0 heterocycles. The van der Waals surface area contributed by atoms with E-state index in [1.807, 2.05) is 0 Å². The third-order valence-corrected chi connectivity index (χ3v) is 3.65. The van der Waals surface area contributed by atoms with Crippen LogP contribution in [0.4, 0.5) is 0 Å². The Bertz CT molecular complexity index is 733. The fourth-order valence-electron chi connectivity index (χ4n) is 1.94. The summed E-state index contributed by atoms with van der Waals surface area (Å²) < 4.78 is 0. The molecule has 2 rings (SSSR count). The molecule has 26 heavy (non-hydrogen) atoms. The number of nitrogens with one attached hydrogen (secondary N) is 2. The Labute approximate surface area is 160 Å². The highest BCUT2D eigenvalue weighted by Crippen LogP contribution is 2.10. The van der Waals surface area contributed by atoms with Gasteiger partial charge >= 0.3 is 0 Å². The van der Waals surface area contributed by atoms with Crippen molar-refractivity contribution in [3.8, 4) is 0 Å². The number of carbonyl (C=O) groups is 2. The summed E-state index contributed by atoms with van der Waals surface area (Å²) in [6, 6.07) is 13.9. The lowest BCUT2D eigenvalue weighted by Crippen LogP contribution is -2.21. The lowest BCUT2D eigenvalue weighted by molar-refractivity contribution is -0.121. The Morgan fingerprint density at radius 3 is 1.42 bits per heavy atom. The van der Waals surface area contributed by atoms with Crippen LogP contribution >= 0.6 is 23.2 Å². The molecule has 2 amide bonds. The van der Waals surface area contributed by atoms with E-state index in [9.17, 15) is 9.59 Å². The summed E-state index contributed by atoms with van der Waals surface area (Å²) in [5, 5.41) is 8.64. The molecule has 2 aromatic rings. The summed E-state index contributed by atoms with van der Waals surface area (Å²) in [5.41, 5.74) is 6.37. The molecule has 8 heteroatoms. The van der Waals surface area contributed by atoms with Crippen molar-refractivity contribution in [1.82, 2.24) is 10.9 Å². The zero-order chi connectivity index (χ0) is 18.8. The molecule has 0 unspecified atom stereocenters. The monoisotopic (exact) mass is 390 g/mol. The van der Waals surface area contributed by atoms with E-state index in [4.69, 9.17) is 23.2 Å². The van der Waals surface area contributed by atoms with Gasteiger partial charge in [-0.15, -0.1) is 0 Å². The van der Waals surface area contributed by atoms with Crippen LogP contribution in [-0.4, -0.2) is 24.2 Å². The number of hydrogen-bond acceptors (Lipinski definition) is 4. The van der Waals surface area contributed by atoms with Crippen LogP contribution in [0.15, 0.2) is 58.7 Å². The first-order chi connectivity index (χ1) is 12.5. The molecule has 0 aliphatic heterocycles. The van der Waals surface area contributed by atoms with Gasteiger partial charge in [-0.1, -0.05) is 47.5 Å². The largest absolute Gasteiger partial charge is 0.273 e. The van der Waals surface area contributed by atoms with E-state index in [0.29, 0.717) is 10.0 Å². The van der Waals surface area contributed by atoms with Crippen LogP contribution in [0, 0.1) is 0 Å². The van der Waals surface area contributed by atoms with Crippen LogP contribution in [0.3, 0.4) is 0 Å². The van der Waals surface area contributed by atoms with Crippen molar-refractivity contribution in [2.75, 3.05) is 0 Å². The highest BCUT2D eigenvalue weighted by Gasteiger charge is 2.02. The van der Waals surface area contributed by atoms with E-state index in [0.717, 1.165) is 11.1 Å². The second-order valence-corrected chi connectivity index (χ2v) is 6.11. The van der Waals surface area contributed by atoms with E-state index >= 15 is 0 Å². The minimum Gasteiger partial charge on any atom is -0.273 e. The molecule has 2 N–H and O–H groups in total. The van der Waals surface area contributed by atoms with Crippen molar-refractivity contribution in [2.24, 2.45) is 10.2 Å². The zero-order valence-electron chi connectivity index (χ0n) is 13.7. The van der Waals surface area contributed by atoms with Crippen LogP contribution in [0.25, 0.3) is 0 Å². The first-order valence-corrected chi connectivity index (χ1v) is 8.40. The fourth-order valence-corrected chi connectivity index (χ4v) is 2.19. The molecule has 0 aromatic heterocycles. The Balaban J connectivity index is 1.67. The van der Waals surface area contributed by atoms with Gasteiger partial charge in [-0.3, -0.25) is 9.59 Å². The molecule has 0 fully saturated rings. The van der Waals surface area contributed by atoms with E-state index < -0.39 is 0 Å². The summed E-state index contributed by atoms with van der Waals surface area (Å²) in [6.07, 6.45) is 2.90. The number of rotatable bonds is 7. The van der Waals surface area contributed by atoms with Crippen LogP contribution < -0.4 is 10.9 Å². The lowest BCUT2D eigenvalue weighted by Gasteiger charge is -2.00. The Hall–Kier alpha value is -2.70. The maximum absolute atomic E-state index is 11.7. The second kappa shape index (κ2) is 10.3. The maximum atomic E-state index is 11.7. The minimum atomic E-state index is -0.274. The third-order valence-electron chi connectivity index (χ3n) is 3.15. The molecule has 0 aliphatic rings. The molecular weight excluding hydrogens is 375 g/mol. The van der Waals surface area contributed by atoms with Gasteiger partial charge in [0.1, 0.15) is 0 Å². The average molecular weight is 391 g/mol. The number of carbonyl (C=O) groups excluding carboxylic acids is 2. The SMILES string of the molecule is O=C(Cc1ccc(Cl)cc1)N/N=C/C=N/NC(=O)Cc1ccc(Cl)cc1. The van der Waals surface area contributed by atoms with Gasteiger partial charge in [0.25, 0.3) is 0 Å². The Kier molecular flexibility index (Phi) is 7.79. The topological polar surface area (TPSA) is 82.9 Å². The molecule has 0 aliphatic carbocycles. The van der Waals surface area contributed by atoms with E-state index in [1.165, 1.54) is 12.4 Å². The first-order valence-electron chi connectivity index (χ1n) is 7.64. The standard InChI is InChI=1S/C18H16Cl2N4O2/c19-15-5-1-13(2-6-15)11-17(25)23-21-9-10-22-24-18(26)12-14-3-7-16(20)8-4-14/h1-10H,11-12H2,(H,23,25)(H,24,26)/b21-9+,22-10+. The van der Waals surface area contributed by atoms with Gasteiger partial charge in [-0.05, 0) is 35.4 Å². The summed E-state index contributed by atoms with van der Waals surface area (Å²) in [4.78, 5) is 23.4. The molecule has 2 aromatic carbocycles. The normalized spacial score (nSPS) is 11.0. The van der Waals surface area contributed by atoms with Gasteiger partial charge in [0.2, 0.25) is 11.8 Å². The van der Waals surface area contributed by atoms with Crippen molar-refractivity contribution in [3.05, 3.63) is 69.7 Å². The number of hydrogen-bond donors (Lipinski definition) is 2. The van der Waals surface area contributed by atoms with Crippen LogP contribution in [-0.2, 0) is 22.4 Å². The molecule has 0 saturated carbocycles. The molecular formula is C18H16Cl2N4O2. The predicted molar refractivity (Wildman–Crippen MR) is 104 cm³/mol. The molecule has 0 spiro atoms. The van der Waals surface area contributed by atoms with Gasteiger partial charge < -0.3 is 0 Å². The number of amides is 2. The smallest absolute Gasteiger partial charge is 0.244 e. The van der Waals surface area contributed by atoms with Crippen molar-refractivity contribution < 1.29 is 9.59 Å². The average Bonchev–Trinajstić information content (AvgIpc) is 2.62. The van der Waals surface area contributed by atoms with E-state index in [-0.39, 0.29) is 24.7 Å². The van der Waals surface area contributed by atoms with E-state index in [1.54, 1.807) is 48.5 Å². The molecule has 134 valence electrons. The van der Waals surface area contributed by atoms with Gasteiger partial charge in [-0.25, -0.2) is 10.9 Å². The fraction of sp³-hybridized carbons (Fsp3) is 0.111. The maximum Gasteiger partial charge on any atom is 0.244 e. The first kappa shape index (κ1) is 19.6. The zero-order valence-corrected chi connectivity index (χ0v) is 15.2. The number of hydrazone groups is 2. The Morgan fingerprint density at radius 2 is 1.08 bits per heavy atom. The van der Waals surface area contributed by atoms with Gasteiger partial charge in [0, 0.05) is 10.0 Å². The highest BCUT2D eigenvalue weighted by atomic mass is 35.5. The van der Waals surface area contributed by atoms with Crippen LogP contribution in [0.1, 0.15) is 11.1 Å². The summed E-state index contributed by atoms with van der Waals surface area (Å²) >= 11 is 11.6. The van der Waals surface area contributed by atoms with Gasteiger partial charge in [0.15, 0.2) is 0 Å². The molecule has 0 bridgehead atoms. The third kappa shape index (κ3) is 7.46. The van der Waals surface area contributed by atoms with Crippen molar-refractivity contribution in [3.63, 3.8) is 0 Å². The molecule has 0 atom stereocenters. The summed E-state index contributed by atoms with van der Waals surface area (Å²) in [7, 11) is 0. The van der Waals surface area contributed by atoms with Crippen LogP contribution in [0.5, 0.6) is 0 Å². The Morgan fingerprint density at radius 1 is 0.731 bits per heavy atom. The van der Waals surface area contributed by atoms with Crippen molar-refractivity contribution in [1.29, 1.82) is 0 Å². The highest BCUT2D eigenvalue weighted by molar-refractivity contribution is 6.30. The predicted octanol–water partition coefficient (Wildman–Crippen LogP) is 2.98.